The van der Waals surface area contributed by atoms with E-state index in [9.17, 15) is 32.4 Å². The first-order valence-corrected chi connectivity index (χ1v) is 20.5. The van der Waals surface area contributed by atoms with Crippen LogP contribution in [0.5, 0.6) is 0 Å². The Hall–Kier alpha value is -4.14. The van der Waals surface area contributed by atoms with Crippen LogP contribution in [0.2, 0.25) is 0 Å². The van der Waals surface area contributed by atoms with E-state index >= 15 is 0 Å². The molecule has 0 radical (unpaired) electrons. The van der Waals surface area contributed by atoms with Crippen molar-refractivity contribution in [3.8, 4) is 0 Å². The second-order valence-corrected chi connectivity index (χ2v) is 18.6. The molecule has 0 unspecified atom stereocenters. The molecule has 14 nitrogen and oxygen atoms in total. The largest absolute Gasteiger partial charge is 0.449 e. The maximum Gasteiger partial charge on any atom is 0.410 e. The SMILES string of the molecule is C=C[C@H]1C[C@]1(NC(=O)[C@@H]1C[C@@H]2CN1C(=O)[C@H](C1CCCC1)NC(=O)OCC(C)(C)CCCc1cccc3c1CN(C3)C(=O)O2)C(=O)NS(=O)(=O)C1CC1. The lowest BCUT2D eigenvalue weighted by atomic mass is 9.86. The van der Waals surface area contributed by atoms with Crippen molar-refractivity contribution in [3.05, 3.63) is 47.5 Å². The molecule has 15 heteroatoms. The lowest BCUT2D eigenvalue weighted by molar-refractivity contribution is -0.142. The molecule has 5 amide bonds. The van der Waals surface area contributed by atoms with E-state index in [2.05, 4.69) is 28.0 Å². The number of alkyl carbamates (subject to hydrolysis) is 1. The van der Waals surface area contributed by atoms with E-state index in [1.165, 1.54) is 11.0 Å². The molecule has 0 spiro atoms. The van der Waals surface area contributed by atoms with Crippen LogP contribution in [0.15, 0.2) is 30.9 Å². The van der Waals surface area contributed by atoms with Crippen molar-refractivity contribution in [2.75, 3.05) is 13.2 Å². The van der Waals surface area contributed by atoms with Crippen LogP contribution in [-0.2, 0) is 53.4 Å². The number of rotatable bonds is 7. The molecule has 1 aromatic carbocycles. The molecule has 5 atom stereocenters. The minimum atomic E-state index is -3.90. The highest BCUT2D eigenvalue weighted by molar-refractivity contribution is 7.91. The minimum absolute atomic E-state index is 0.0534. The summed E-state index contributed by atoms with van der Waals surface area (Å²) in [7, 11) is -3.90. The number of amides is 5. The zero-order valence-electron chi connectivity index (χ0n) is 30.6. The Bertz CT molecular complexity index is 1790. The van der Waals surface area contributed by atoms with Gasteiger partial charge in [-0.15, -0.1) is 6.58 Å². The molecule has 7 rings (SSSR count). The smallest absolute Gasteiger partial charge is 0.410 e. The molecular formula is C38H51N5O9S. The Labute approximate surface area is 310 Å². The highest BCUT2D eigenvalue weighted by Crippen LogP contribution is 2.45. The molecule has 288 valence electrons. The topological polar surface area (TPSA) is 181 Å². The summed E-state index contributed by atoms with van der Waals surface area (Å²) in [5.41, 5.74) is 1.39. The maximum absolute atomic E-state index is 14.6. The van der Waals surface area contributed by atoms with Gasteiger partial charge in [0.25, 0.3) is 5.91 Å². The second-order valence-electron chi connectivity index (χ2n) is 16.6. The fourth-order valence-corrected chi connectivity index (χ4v) is 9.94. The van der Waals surface area contributed by atoms with E-state index in [0.717, 1.165) is 48.8 Å². The van der Waals surface area contributed by atoms with Gasteiger partial charge < -0.3 is 25.0 Å². The molecule has 4 fully saturated rings. The lowest BCUT2D eigenvalue weighted by Crippen LogP contribution is -2.59. The summed E-state index contributed by atoms with van der Waals surface area (Å²) in [4.78, 5) is 72.3. The third kappa shape index (κ3) is 7.76. The molecule has 1 aromatic rings. The monoisotopic (exact) mass is 753 g/mol. The van der Waals surface area contributed by atoms with Crippen LogP contribution in [0.3, 0.4) is 0 Å². The second kappa shape index (κ2) is 14.3. The van der Waals surface area contributed by atoms with Crippen molar-refractivity contribution >= 4 is 39.9 Å². The third-order valence-corrected chi connectivity index (χ3v) is 13.8. The first-order valence-electron chi connectivity index (χ1n) is 19.0. The summed E-state index contributed by atoms with van der Waals surface area (Å²) < 4.78 is 39.3. The van der Waals surface area contributed by atoms with Crippen LogP contribution in [0.1, 0.15) is 94.7 Å². The fourth-order valence-electron chi connectivity index (χ4n) is 8.58. The standard InChI is InChI=1S/C38H51N5O9S/c1-4-26-18-38(26,34(46)41-53(49,50)28-14-15-28)40-32(44)30-17-27-20-43(30)33(45)31(24-9-5-6-10-24)39-35(47)51-22-37(2,3)16-8-13-23-11-7-12-25-19-42(21-29(23)25)36(48)52-27/h4,7,11-12,24,26-28,30-31H,1,5-6,8-10,13-22H2,2-3H3,(H,39,47)(H,40,44)(H,41,46)/t26-,27+,30-,31-,38+/m0/s1. The van der Waals surface area contributed by atoms with Gasteiger partial charge in [0.2, 0.25) is 21.8 Å². The molecule has 3 heterocycles. The third-order valence-electron chi connectivity index (χ3n) is 12.0. The van der Waals surface area contributed by atoms with Crippen molar-refractivity contribution in [2.45, 2.75) is 127 Å². The first-order chi connectivity index (χ1) is 25.2. The number of hydrogen-bond acceptors (Lipinski definition) is 9. The van der Waals surface area contributed by atoms with Crippen LogP contribution in [0.4, 0.5) is 9.59 Å². The number of hydrogen-bond donors (Lipinski definition) is 3. The van der Waals surface area contributed by atoms with Gasteiger partial charge in [0, 0.05) is 25.4 Å². The summed E-state index contributed by atoms with van der Waals surface area (Å²) in [5.74, 6) is -2.76. The number of aryl methyl sites for hydroxylation is 1. The first kappa shape index (κ1) is 37.2. The van der Waals surface area contributed by atoms with Gasteiger partial charge in [-0.1, -0.05) is 51.0 Å². The van der Waals surface area contributed by atoms with Crippen molar-refractivity contribution in [1.29, 1.82) is 0 Å². The van der Waals surface area contributed by atoms with Gasteiger partial charge in [0.05, 0.1) is 18.4 Å². The quantitative estimate of drug-likeness (QED) is 0.352. The molecule has 3 saturated carbocycles. The summed E-state index contributed by atoms with van der Waals surface area (Å²) in [6, 6.07) is 3.90. The molecule has 4 bridgehead atoms. The van der Waals surface area contributed by atoms with Crippen LogP contribution in [0.25, 0.3) is 0 Å². The molecule has 53 heavy (non-hydrogen) atoms. The highest BCUT2D eigenvalue weighted by Gasteiger charge is 2.62. The summed E-state index contributed by atoms with van der Waals surface area (Å²) in [6.45, 7) is 8.63. The molecule has 1 saturated heterocycles. The zero-order chi connectivity index (χ0) is 37.7. The van der Waals surface area contributed by atoms with Crippen LogP contribution in [-0.4, -0.2) is 90.3 Å². The van der Waals surface area contributed by atoms with Gasteiger partial charge >= 0.3 is 12.2 Å². The van der Waals surface area contributed by atoms with Gasteiger partial charge in [-0.2, -0.15) is 0 Å². The minimum Gasteiger partial charge on any atom is -0.449 e. The van der Waals surface area contributed by atoms with Crippen molar-refractivity contribution < 1.29 is 41.9 Å². The number of benzene rings is 1. The van der Waals surface area contributed by atoms with Gasteiger partial charge in [0.15, 0.2) is 0 Å². The number of nitrogens with one attached hydrogen (secondary N) is 3. The van der Waals surface area contributed by atoms with E-state index < -0.39 is 74.8 Å². The number of sulfonamides is 1. The Morgan fingerprint density at radius 3 is 2.47 bits per heavy atom. The van der Waals surface area contributed by atoms with Gasteiger partial charge in [-0.25, -0.2) is 18.0 Å². The molecular weight excluding hydrogens is 703 g/mol. The van der Waals surface area contributed by atoms with Crippen molar-refractivity contribution in [1.82, 2.24) is 25.2 Å². The lowest BCUT2D eigenvalue weighted by Gasteiger charge is -2.32. The van der Waals surface area contributed by atoms with Crippen molar-refractivity contribution in [3.63, 3.8) is 0 Å². The number of carbonyl (C=O) groups is 5. The molecule has 3 aliphatic heterocycles. The summed E-state index contributed by atoms with van der Waals surface area (Å²) >= 11 is 0. The van der Waals surface area contributed by atoms with Gasteiger partial charge in [0.1, 0.15) is 23.7 Å². The van der Waals surface area contributed by atoms with E-state index in [4.69, 9.17) is 9.47 Å². The van der Waals surface area contributed by atoms with Gasteiger partial charge in [-0.05, 0) is 79.4 Å². The van der Waals surface area contributed by atoms with E-state index in [-0.39, 0.29) is 37.3 Å². The Morgan fingerprint density at radius 2 is 1.77 bits per heavy atom. The number of ether oxygens (including phenoxy) is 2. The van der Waals surface area contributed by atoms with E-state index in [1.54, 1.807) is 4.90 Å². The highest BCUT2D eigenvalue weighted by atomic mass is 32.2. The van der Waals surface area contributed by atoms with Crippen LogP contribution >= 0.6 is 0 Å². The van der Waals surface area contributed by atoms with Crippen LogP contribution in [0, 0.1) is 17.3 Å². The molecule has 3 aliphatic carbocycles. The van der Waals surface area contributed by atoms with E-state index in [1.807, 2.05) is 26.0 Å². The predicted octanol–water partition coefficient (Wildman–Crippen LogP) is 3.43. The number of carbonyl (C=O) groups excluding carboxylic acids is 5. The maximum atomic E-state index is 14.6. The Morgan fingerprint density at radius 1 is 1.04 bits per heavy atom. The zero-order valence-corrected chi connectivity index (χ0v) is 31.4. The molecule has 3 N–H and O–H groups in total. The Balaban J connectivity index is 1.17. The average molecular weight is 754 g/mol. The Kier molecular flexibility index (Phi) is 10.0. The number of fused-ring (bicyclic) bond motifs is 3. The van der Waals surface area contributed by atoms with Crippen molar-refractivity contribution in [2.24, 2.45) is 17.3 Å². The normalized spacial score (nSPS) is 30.6. The fraction of sp³-hybridized carbons (Fsp3) is 0.658. The van der Waals surface area contributed by atoms with E-state index in [0.29, 0.717) is 38.8 Å². The van der Waals surface area contributed by atoms with Crippen LogP contribution < -0.4 is 15.4 Å². The predicted molar refractivity (Wildman–Crippen MR) is 192 cm³/mol. The van der Waals surface area contributed by atoms with Gasteiger partial charge in [-0.3, -0.25) is 24.0 Å². The molecule has 0 aromatic heterocycles. The number of cyclic esters (lactones) is 1. The summed E-state index contributed by atoms with van der Waals surface area (Å²) in [5, 5.41) is 4.97. The number of nitrogens with zero attached hydrogens (tertiary/aromatic N) is 2. The summed E-state index contributed by atoms with van der Waals surface area (Å²) in [6.07, 6.45) is 5.95. The molecule has 6 aliphatic rings. The average Bonchev–Trinajstić information content (AvgIpc) is 3.89.